The zero-order valence-corrected chi connectivity index (χ0v) is 11.5. The highest BCUT2D eigenvalue weighted by Crippen LogP contribution is 2.37. The molecular formula is C14H18N2O4. The number of ether oxygens (including phenoxy) is 2. The van der Waals surface area contributed by atoms with Crippen LogP contribution in [0.1, 0.15) is 18.4 Å². The van der Waals surface area contributed by atoms with Gasteiger partial charge in [-0.25, -0.2) is 0 Å². The molecule has 1 spiro atoms. The molecule has 0 atom stereocenters. The third-order valence-corrected chi connectivity index (χ3v) is 4.07. The van der Waals surface area contributed by atoms with E-state index in [0.717, 1.165) is 24.1 Å². The summed E-state index contributed by atoms with van der Waals surface area (Å²) in [4.78, 5) is 13.0. The lowest BCUT2D eigenvalue weighted by Gasteiger charge is -2.38. The fraction of sp³-hybridized carbons (Fsp3) is 0.571. The zero-order chi connectivity index (χ0) is 14.2. The number of anilines is 1. The summed E-state index contributed by atoms with van der Waals surface area (Å²) >= 11 is 0. The fourth-order valence-corrected chi connectivity index (χ4v) is 3.06. The minimum absolute atomic E-state index is 0.175. The number of nitro benzene ring substituents is 1. The van der Waals surface area contributed by atoms with Gasteiger partial charge in [-0.05, 0) is 12.5 Å². The molecule has 3 rings (SSSR count). The summed E-state index contributed by atoms with van der Waals surface area (Å²) in [6, 6.07) is 5.20. The largest absolute Gasteiger partial charge is 0.365 e. The Morgan fingerprint density at radius 3 is 2.50 bits per heavy atom. The van der Waals surface area contributed by atoms with E-state index >= 15 is 0 Å². The highest BCUT2D eigenvalue weighted by molar-refractivity contribution is 5.67. The lowest BCUT2D eigenvalue weighted by Crippen LogP contribution is -2.45. The Balaban J connectivity index is 1.83. The Kier molecular flexibility index (Phi) is 3.35. The Hall–Kier alpha value is -1.66. The standard InChI is InChI=1S/C14H18N2O4/c1-11-3-2-4-12(16(17)18)13(11)15-7-5-14(6-8-15)19-9-10-20-14/h2-4H,5-10H2,1H3. The molecule has 2 aliphatic rings. The minimum Gasteiger partial charge on any atom is -0.365 e. The molecule has 0 aromatic heterocycles. The number of nitro groups is 1. The SMILES string of the molecule is Cc1cccc([N+](=O)[O-])c1N1CCC2(CC1)OCCO2. The van der Waals surface area contributed by atoms with Crippen molar-refractivity contribution in [3.05, 3.63) is 33.9 Å². The molecule has 1 aromatic carbocycles. The van der Waals surface area contributed by atoms with E-state index in [1.54, 1.807) is 12.1 Å². The Morgan fingerprint density at radius 1 is 1.25 bits per heavy atom. The summed E-state index contributed by atoms with van der Waals surface area (Å²) < 4.78 is 11.4. The van der Waals surface area contributed by atoms with Crippen LogP contribution in [-0.2, 0) is 9.47 Å². The average Bonchev–Trinajstić information content (AvgIpc) is 2.88. The van der Waals surface area contributed by atoms with Gasteiger partial charge in [-0.1, -0.05) is 12.1 Å². The number of benzene rings is 1. The number of hydrogen-bond acceptors (Lipinski definition) is 5. The van der Waals surface area contributed by atoms with Crippen LogP contribution in [0.5, 0.6) is 0 Å². The predicted octanol–water partition coefficient (Wildman–Crippen LogP) is 2.25. The highest BCUT2D eigenvalue weighted by atomic mass is 16.7. The lowest BCUT2D eigenvalue weighted by atomic mass is 10.0. The third-order valence-electron chi connectivity index (χ3n) is 4.07. The van der Waals surface area contributed by atoms with Gasteiger partial charge in [-0.3, -0.25) is 10.1 Å². The first-order valence-electron chi connectivity index (χ1n) is 6.88. The van der Waals surface area contributed by atoms with Crippen LogP contribution in [0.3, 0.4) is 0 Å². The van der Waals surface area contributed by atoms with E-state index in [1.807, 2.05) is 13.0 Å². The third kappa shape index (κ3) is 2.25. The van der Waals surface area contributed by atoms with E-state index in [4.69, 9.17) is 9.47 Å². The summed E-state index contributed by atoms with van der Waals surface area (Å²) in [5.74, 6) is -0.450. The van der Waals surface area contributed by atoms with Crippen molar-refractivity contribution in [3.8, 4) is 0 Å². The Morgan fingerprint density at radius 2 is 1.90 bits per heavy atom. The van der Waals surface area contributed by atoms with Gasteiger partial charge < -0.3 is 14.4 Å². The molecule has 2 heterocycles. The molecule has 0 radical (unpaired) electrons. The molecule has 0 N–H and O–H groups in total. The van der Waals surface area contributed by atoms with Crippen molar-refractivity contribution in [2.24, 2.45) is 0 Å². The second-order valence-corrected chi connectivity index (χ2v) is 5.29. The van der Waals surface area contributed by atoms with Crippen molar-refractivity contribution in [1.29, 1.82) is 0 Å². The minimum atomic E-state index is -0.450. The first-order chi connectivity index (χ1) is 9.61. The maximum atomic E-state index is 11.2. The van der Waals surface area contributed by atoms with Crippen LogP contribution >= 0.6 is 0 Å². The quantitative estimate of drug-likeness (QED) is 0.613. The summed E-state index contributed by atoms with van der Waals surface area (Å²) in [7, 11) is 0. The Labute approximate surface area is 117 Å². The first kappa shape index (κ1) is 13.3. The number of rotatable bonds is 2. The van der Waals surface area contributed by atoms with Crippen molar-refractivity contribution in [2.45, 2.75) is 25.6 Å². The fourth-order valence-electron chi connectivity index (χ4n) is 3.06. The van der Waals surface area contributed by atoms with Crippen LogP contribution in [0.2, 0.25) is 0 Å². The van der Waals surface area contributed by atoms with Crippen LogP contribution in [-0.4, -0.2) is 37.0 Å². The molecule has 2 aliphatic heterocycles. The maximum Gasteiger partial charge on any atom is 0.292 e. The molecule has 20 heavy (non-hydrogen) atoms. The molecule has 108 valence electrons. The normalized spacial score (nSPS) is 21.4. The number of piperidine rings is 1. The smallest absolute Gasteiger partial charge is 0.292 e. The van der Waals surface area contributed by atoms with Crippen LogP contribution in [0, 0.1) is 17.0 Å². The molecule has 0 bridgehead atoms. The van der Waals surface area contributed by atoms with Gasteiger partial charge in [0.2, 0.25) is 0 Å². The van der Waals surface area contributed by atoms with Crippen molar-refractivity contribution < 1.29 is 14.4 Å². The van der Waals surface area contributed by atoms with Crippen LogP contribution in [0.4, 0.5) is 11.4 Å². The van der Waals surface area contributed by atoms with Gasteiger partial charge >= 0.3 is 0 Å². The van der Waals surface area contributed by atoms with Crippen molar-refractivity contribution in [3.63, 3.8) is 0 Å². The molecule has 6 nitrogen and oxygen atoms in total. The molecule has 2 fully saturated rings. The Bertz CT molecular complexity index is 516. The van der Waals surface area contributed by atoms with Crippen molar-refractivity contribution in [2.75, 3.05) is 31.2 Å². The summed E-state index contributed by atoms with van der Waals surface area (Å²) in [6.45, 7) is 4.63. The van der Waals surface area contributed by atoms with E-state index in [1.165, 1.54) is 0 Å². The topological polar surface area (TPSA) is 64.8 Å². The van der Waals surface area contributed by atoms with Gasteiger partial charge in [-0.2, -0.15) is 0 Å². The van der Waals surface area contributed by atoms with Gasteiger partial charge in [0, 0.05) is 32.0 Å². The molecule has 0 saturated carbocycles. The van der Waals surface area contributed by atoms with Crippen LogP contribution in [0.15, 0.2) is 18.2 Å². The number of nitrogens with zero attached hydrogens (tertiary/aromatic N) is 2. The molecular weight excluding hydrogens is 260 g/mol. The average molecular weight is 278 g/mol. The first-order valence-corrected chi connectivity index (χ1v) is 6.88. The molecule has 6 heteroatoms. The highest BCUT2D eigenvalue weighted by Gasteiger charge is 2.40. The van der Waals surface area contributed by atoms with Gasteiger partial charge in [-0.15, -0.1) is 0 Å². The molecule has 0 unspecified atom stereocenters. The van der Waals surface area contributed by atoms with E-state index in [2.05, 4.69) is 4.90 Å². The van der Waals surface area contributed by atoms with Crippen molar-refractivity contribution >= 4 is 11.4 Å². The van der Waals surface area contributed by atoms with Gasteiger partial charge in [0.05, 0.1) is 18.1 Å². The number of aryl methyl sites for hydroxylation is 1. The molecule has 0 amide bonds. The summed E-state index contributed by atoms with van der Waals surface area (Å²) in [6.07, 6.45) is 1.50. The second kappa shape index (κ2) is 5.03. The van der Waals surface area contributed by atoms with Crippen LogP contribution < -0.4 is 4.90 Å². The van der Waals surface area contributed by atoms with Gasteiger partial charge in [0.25, 0.3) is 5.69 Å². The van der Waals surface area contributed by atoms with E-state index in [0.29, 0.717) is 26.3 Å². The van der Waals surface area contributed by atoms with Crippen molar-refractivity contribution in [1.82, 2.24) is 0 Å². The van der Waals surface area contributed by atoms with E-state index < -0.39 is 5.79 Å². The second-order valence-electron chi connectivity index (χ2n) is 5.29. The van der Waals surface area contributed by atoms with E-state index in [-0.39, 0.29) is 10.6 Å². The summed E-state index contributed by atoms with van der Waals surface area (Å²) in [5.41, 5.74) is 1.84. The number of para-hydroxylation sites is 1. The van der Waals surface area contributed by atoms with Crippen LogP contribution in [0.25, 0.3) is 0 Å². The van der Waals surface area contributed by atoms with Gasteiger partial charge in [0.15, 0.2) is 5.79 Å². The number of hydrogen-bond donors (Lipinski definition) is 0. The molecule has 0 aliphatic carbocycles. The van der Waals surface area contributed by atoms with Gasteiger partial charge in [0.1, 0.15) is 5.69 Å². The predicted molar refractivity (Wildman–Crippen MR) is 73.9 cm³/mol. The maximum absolute atomic E-state index is 11.2. The zero-order valence-electron chi connectivity index (χ0n) is 11.5. The molecule has 1 aromatic rings. The molecule has 2 saturated heterocycles. The lowest BCUT2D eigenvalue weighted by molar-refractivity contribution is -0.384. The monoisotopic (exact) mass is 278 g/mol. The van der Waals surface area contributed by atoms with E-state index in [9.17, 15) is 10.1 Å². The summed E-state index contributed by atoms with van der Waals surface area (Å²) in [5, 5.41) is 11.2.